The molecule has 1 aromatic carbocycles. The predicted molar refractivity (Wildman–Crippen MR) is 120 cm³/mol. The summed E-state index contributed by atoms with van der Waals surface area (Å²) in [4.78, 5) is 35.1. The quantitative estimate of drug-likeness (QED) is 0.549. The van der Waals surface area contributed by atoms with Crippen LogP contribution in [-0.4, -0.2) is 86.5 Å². The number of carbonyl (C=O) groups excluding carboxylic acids is 2. The van der Waals surface area contributed by atoms with E-state index in [0.717, 1.165) is 39.1 Å². The number of para-hydroxylation sites is 1. The first kappa shape index (κ1) is 21.9. The van der Waals surface area contributed by atoms with Crippen LogP contribution in [0.5, 0.6) is 0 Å². The Morgan fingerprint density at radius 3 is 2.40 bits per heavy atom. The van der Waals surface area contributed by atoms with Crippen LogP contribution in [0.1, 0.15) is 20.3 Å². The first-order valence-electron chi connectivity index (χ1n) is 10.8. The highest BCUT2D eigenvalue weighted by Crippen LogP contribution is 2.15. The number of amides is 2. The van der Waals surface area contributed by atoms with E-state index in [0.29, 0.717) is 12.5 Å². The molecule has 1 aromatic rings. The molecular weight excluding hydrogens is 380 g/mol. The van der Waals surface area contributed by atoms with Crippen LogP contribution in [0.4, 0.5) is 5.69 Å². The molecule has 2 N–H and O–H groups in total. The number of piperazine rings is 1. The summed E-state index contributed by atoms with van der Waals surface area (Å²) in [5.74, 6) is 0.886. The Labute approximate surface area is 179 Å². The number of likely N-dealkylation sites (tertiary alicyclic amines) is 1. The summed E-state index contributed by atoms with van der Waals surface area (Å²) in [6.07, 6.45) is 0.883. The molecule has 1 unspecified atom stereocenters. The zero-order chi connectivity index (χ0) is 21.5. The standard InChI is InChI=1S/C22H34N6O2/c1-17(2)21(30)28-10-9-18(16-28)25-22(23-3)24-15-20(29)27-13-11-26(12-14-27)19-7-5-4-6-8-19/h4-8,17-18H,9-16H2,1-3H3,(H2,23,24,25). The van der Waals surface area contributed by atoms with Gasteiger partial charge in [-0.3, -0.25) is 14.6 Å². The molecule has 2 amide bonds. The average Bonchev–Trinajstić information content (AvgIpc) is 3.25. The molecule has 2 aliphatic heterocycles. The minimum atomic E-state index is 0.0150. The van der Waals surface area contributed by atoms with E-state index in [2.05, 4.69) is 32.7 Å². The Hall–Kier alpha value is -2.77. The summed E-state index contributed by atoms with van der Waals surface area (Å²) < 4.78 is 0. The Kier molecular flexibility index (Phi) is 7.54. The number of nitrogens with zero attached hydrogens (tertiary/aromatic N) is 4. The van der Waals surface area contributed by atoms with Crippen molar-refractivity contribution in [2.45, 2.75) is 26.3 Å². The lowest BCUT2D eigenvalue weighted by molar-refractivity contribution is -0.133. The van der Waals surface area contributed by atoms with E-state index in [1.807, 2.05) is 41.8 Å². The number of benzene rings is 1. The number of aliphatic imine (C=N–C) groups is 1. The Balaban J connectivity index is 1.40. The molecular formula is C22H34N6O2. The van der Waals surface area contributed by atoms with Crippen LogP contribution < -0.4 is 15.5 Å². The normalized spacial score (nSPS) is 19.9. The third-order valence-corrected chi connectivity index (χ3v) is 5.72. The molecule has 8 heteroatoms. The van der Waals surface area contributed by atoms with Gasteiger partial charge in [-0.05, 0) is 18.6 Å². The van der Waals surface area contributed by atoms with Crippen molar-refractivity contribution >= 4 is 23.5 Å². The highest BCUT2D eigenvalue weighted by molar-refractivity contribution is 5.87. The van der Waals surface area contributed by atoms with E-state index >= 15 is 0 Å². The SMILES string of the molecule is CN=C(NCC(=O)N1CCN(c2ccccc2)CC1)NC1CCN(C(=O)C(C)C)C1. The third-order valence-electron chi connectivity index (χ3n) is 5.72. The van der Waals surface area contributed by atoms with Gasteiger partial charge in [-0.15, -0.1) is 0 Å². The number of hydrogen-bond donors (Lipinski definition) is 2. The van der Waals surface area contributed by atoms with Crippen molar-refractivity contribution in [2.75, 3.05) is 57.8 Å². The van der Waals surface area contributed by atoms with E-state index in [1.165, 1.54) is 5.69 Å². The Bertz CT molecular complexity index is 743. The van der Waals surface area contributed by atoms with E-state index in [1.54, 1.807) is 7.05 Å². The highest BCUT2D eigenvalue weighted by Gasteiger charge is 2.28. The second kappa shape index (κ2) is 10.3. The lowest BCUT2D eigenvalue weighted by Gasteiger charge is -2.36. The monoisotopic (exact) mass is 414 g/mol. The lowest BCUT2D eigenvalue weighted by atomic mass is 10.2. The van der Waals surface area contributed by atoms with Crippen LogP contribution in [0, 0.1) is 5.92 Å². The largest absolute Gasteiger partial charge is 0.368 e. The van der Waals surface area contributed by atoms with Gasteiger partial charge in [0.2, 0.25) is 11.8 Å². The molecule has 0 radical (unpaired) electrons. The summed E-state index contributed by atoms with van der Waals surface area (Å²) in [6.45, 7) is 8.61. The molecule has 0 bridgehead atoms. The molecule has 0 saturated carbocycles. The van der Waals surface area contributed by atoms with Gasteiger partial charge in [0.15, 0.2) is 5.96 Å². The van der Waals surface area contributed by atoms with Crippen molar-refractivity contribution in [2.24, 2.45) is 10.9 Å². The van der Waals surface area contributed by atoms with Gasteiger partial charge < -0.3 is 25.3 Å². The Morgan fingerprint density at radius 1 is 1.07 bits per heavy atom. The molecule has 3 rings (SSSR count). The molecule has 2 saturated heterocycles. The molecule has 0 aliphatic carbocycles. The molecule has 0 aromatic heterocycles. The summed E-state index contributed by atoms with van der Waals surface area (Å²) in [7, 11) is 1.70. The van der Waals surface area contributed by atoms with Crippen molar-refractivity contribution in [1.29, 1.82) is 0 Å². The minimum Gasteiger partial charge on any atom is -0.368 e. The molecule has 30 heavy (non-hydrogen) atoms. The van der Waals surface area contributed by atoms with Gasteiger partial charge >= 0.3 is 0 Å². The van der Waals surface area contributed by atoms with Crippen molar-refractivity contribution in [3.8, 4) is 0 Å². The number of hydrogen-bond acceptors (Lipinski definition) is 4. The summed E-state index contributed by atoms with van der Waals surface area (Å²) >= 11 is 0. The maximum Gasteiger partial charge on any atom is 0.242 e. The van der Waals surface area contributed by atoms with Crippen molar-refractivity contribution < 1.29 is 9.59 Å². The van der Waals surface area contributed by atoms with Gasteiger partial charge in [-0.1, -0.05) is 32.0 Å². The number of carbonyl (C=O) groups is 2. The third kappa shape index (κ3) is 5.64. The summed E-state index contributed by atoms with van der Waals surface area (Å²) in [5.41, 5.74) is 1.20. The zero-order valence-corrected chi connectivity index (χ0v) is 18.3. The fourth-order valence-electron chi connectivity index (χ4n) is 3.96. The fraction of sp³-hybridized carbons (Fsp3) is 0.591. The van der Waals surface area contributed by atoms with Gasteiger partial charge in [-0.25, -0.2) is 0 Å². The first-order chi connectivity index (χ1) is 14.5. The molecule has 1 atom stereocenters. The number of guanidine groups is 1. The summed E-state index contributed by atoms with van der Waals surface area (Å²) in [5, 5.41) is 6.48. The van der Waals surface area contributed by atoms with E-state index in [9.17, 15) is 9.59 Å². The molecule has 2 heterocycles. The van der Waals surface area contributed by atoms with Crippen molar-refractivity contribution in [3.63, 3.8) is 0 Å². The van der Waals surface area contributed by atoms with Gasteiger partial charge in [0.05, 0.1) is 6.54 Å². The second-order valence-electron chi connectivity index (χ2n) is 8.20. The number of anilines is 1. The first-order valence-corrected chi connectivity index (χ1v) is 10.8. The van der Waals surface area contributed by atoms with E-state index < -0.39 is 0 Å². The van der Waals surface area contributed by atoms with E-state index in [4.69, 9.17) is 0 Å². The van der Waals surface area contributed by atoms with Crippen LogP contribution in [0.3, 0.4) is 0 Å². The average molecular weight is 415 g/mol. The Morgan fingerprint density at radius 2 is 1.77 bits per heavy atom. The van der Waals surface area contributed by atoms with Crippen LogP contribution in [-0.2, 0) is 9.59 Å². The minimum absolute atomic E-state index is 0.0150. The molecule has 8 nitrogen and oxygen atoms in total. The number of rotatable bonds is 5. The molecule has 2 fully saturated rings. The second-order valence-corrected chi connectivity index (χ2v) is 8.20. The van der Waals surface area contributed by atoms with E-state index in [-0.39, 0.29) is 30.3 Å². The van der Waals surface area contributed by atoms with Gasteiger partial charge in [-0.2, -0.15) is 0 Å². The molecule has 164 valence electrons. The van der Waals surface area contributed by atoms with Crippen molar-refractivity contribution in [3.05, 3.63) is 30.3 Å². The maximum absolute atomic E-state index is 12.6. The number of nitrogens with one attached hydrogen (secondary N) is 2. The van der Waals surface area contributed by atoms with Crippen LogP contribution >= 0.6 is 0 Å². The predicted octanol–water partition coefficient (Wildman–Crippen LogP) is 0.757. The zero-order valence-electron chi connectivity index (χ0n) is 18.3. The van der Waals surface area contributed by atoms with Gasteiger partial charge in [0.25, 0.3) is 0 Å². The van der Waals surface area contributed by atoms with Crippen LogP contribution in [0.15, 0.2) is 35.3 Å². The fourth-order valence-corrected chi connectivity index (χ4v) is 3.96. The van der Waals surface area contributed by atoms with Gasteiger partial charge in [0.1, 0.15) is 0 Å². The lowest BCUT2D eigenvalue weighted by Crippen LogP contribution is -2.53. The van der Waals surface area contributed by atoms with Crippen LogP contribution in [0.2, 0.25) is 0 Å². The van der Waals surface area contributed by atoms with Crippen LogP contribution in [0.25, 0.3) is 0 Å². The van der Waals surface area contributed by atoms with Crippen molar-refractivity contribution in [1.82, 2.24) is 20.4 Å². The highest BCUT2D eigenvalue weighted by atomic mass is 16.2. The smallest absolute Gasteiger partial charge is 0.242 e. The molecule has 2 aliphatic rings. The summed E-state index contributed by atoms with van der Waals surface area (Å²) in [6, 6.07) is 10.5. The topological polar surface area (TPSA) is 80.3 Å². The maximum atomic E-state index is 12.6. The van der Waals surface area contributed by atoms with Gasteiger partial charge in [0, 0.05) is 64.0 Å². The molecule has 0 spiro atoms.